The van der Waals surface area contributed by atoms with Crippen LogP contribution < -0.4 is 24.4 Å². The van der Waals surface area contributed by atoms with Crippen molar-refractivity contribution in [3.63, 3.8) is 0 Å². The Morgan fingerprint density at radius 1 is 1.13 bits per heavy atom. The van der Waals surface area contributed by atoms with Crippen molar-refractivity contribution in [1.82, 2.24) is 5.32 Å². The van der Waals surface area contributed by atoms with Crippen LogP contribution in [-0.4, -0.2) is 37.1 Å². The first-order valence-corrected chi connectivity index (χ1v) is 10.3. The molecule has 2 aromatic carbocycles. The van der Waals surface area contributed by atoms with Crippen molar-refractivity contribution >= 4 is 69.5 Å². The molecule has 1 saturated heterocycles. The van der Waals surface area contributed by atoms with Crippen LogP contribution in [0.25, 0.3) is 6.08 Å². The predicted molar refractivity (Wildman–Crippen MR) is 126 cm³/mol. The Kier molecular flexibility index (Phi) is 6.91. The highest BCUT2D eigenvalue weighted by Crippen LogP contribution is 2.35. The van der Waals surface area contributed by atoms with Gasteiger partial charge >= 0.3 is 5.97 Å². The number of amides is 2. The molecule has 0 bridgehead atoms. The molecular formula is C21H17IN2O6S. The summed E-state index contributed by atoms with van der Waals surface area (Å²) < 4.78 is 16.2. The number of rotatable bonds is 5. The number of esters is 1. The molecule has 31 heavy (non-hydrogen) atoms. The second-order valence-electron chi connectivity index (χ2n) is 6.28. The number of thiocarbonyl (C=S) groups is 1. The lowest BCUT2D eigenvalue weighted by atomic mass is 10.1. The van der Waals surface area contributed by atoms with Gasteiger partial charge in [-0.3, -0.25) is 24.6 Å². The maximum Gasteiger partial charge on any atom is 0.308 e. The predicted octanol–water partition coefficient (Wildman–Crippen LogP) is 3.07. The molecule has 160 valence electrons. The molecule has 1 N–H and O–H groups in total. The van der Waals surface area contributed by atoms with Gasteiger partial charge in [0.15, 0.2) is 16.6 Å². The summed E-state index contributed by atoms with van der Waals surface area (Å²) in [7, 11) is 2.97. The zero-order valence-corrected chi connectivity index (χ0v) is 19.7. The molecule has 0 aromatic heterocycles. The van der Waals surface area contributed by atoms with Gasteiger partial charge in [-0.25, -0.2) is 0 Å². The minimum atomic E-state index is -0.613. The SMILES string of the molecule is COc1ccc(N2C(=O)/C(=C\c3cc(I)c(OC(C)=O)c(OC)c3)C(=O)NC2=S)cc1. The van der Waals surface area contributed by atoms with Crippen LogP contribution in [0.3, 0.4) is 0 Å². The molecule has 0 spiro atoms. The van der Waals surface area contributed by atoms with E-state index in [1.165, 1.54) is 32.1 Å². The molecule has 0 unspecified atom stereocenters. The summed E-state index contributed by atoms with van der Waals surface area (Å²) in [5, 5.41) is 2.51. The summed E-state index contributed by atoms with van der Waals surface area (Å²) in [5.74, 6) is -0.505. The molecule has 0 saturated carbocycles. The molecule has 2 amide bonds. The van der Waals surface area contributed by atoms with Gasteiger partial charge in [0.1, 0.15) is 11.3 Å². The molecule has 1 aliphatic rings. The van der Waals surface area contributed by atoms with E-state index in [9.17, 15) is 14.4 Å². The lowest BCUT2D eigenvalue weighted by Gasteiger charge is -2.29. The zero-order valence-electron chi connectivity index (χ0n) is 16.7. The number of carbonyl (C=O) groups excluding carboxylic acids is 3. The van der Waals surface area contributed by atoms with E-state index in [1.807, 2.05) is 22.6 Å². The maximum atomic E-state index is 13.1. The smallest absolute Gasteiger partial charge is 0.308 e. The quantitative estimate of drug-likeness (QED) is 0.152. The summed E-state index contributed by atoms with van der Waals surface area (Å²) in [6.07, 6.45) is 1.43. The van der Waals surface area contributed by atoms with Crippen LogP contribution in [0, 0.1) is 3.57 Å². The van der Waals surface area contributed by atoms with Gasteiger partial charge in [-0.05, 0) is 82.8 Å². The summed E-state index contributed by atoms with van der Waals surface area (Å²) in [5.41, 5.74) is 0.889. The highest BCUT2D eigenvalue weighted by atomic mass is 127. The topological polar surface area (TPSA) is 94.2 Å². The number of nitrogens with one attached hydrogen (secondary N) is 1. The van der Waals surface area contributed by atoms with Gasteiger partial charge in [-0.1, -0.05) is 0 Å². The zero-order chi connectivity index (χ0) is 22.7. The second kappa shape index (κ2) is 9.43. The van der Waals surface area contributed by atoms with Crippen LogP contribution in [0.5, 0.6) is 17.2 Å². The summed E-state index contributed by atoms with van der Waals surface area (Å²) in [4.78, 5) is 38.2. The molecule has 0 radical (unpaired) electrons. The van der Waals surface area contributed by atoms with Crippen molar-refractivity contribution in [1.29, 1.82) is 0 Å². The number of hydrogen-bond donors (Lipinski definition) is 1. The number of nitrogens with zero attached hydrogens (tertiary/aromatic N) is 1. The van der Waals surface area contributed by atoms with Crippen molar-refractivity contribution in [3.05, 3.63) is 51.1 Å². The Balaban J connectivity index is 2.01. The first-order valence-electron chi connectivity index (χ1n) is 8.86. The maximum absolute atomic E-state index is 13.1. The van der Waals surface area contributed by atoms with Crippen molar-refractivity contribution in [2.24, 2.45) is 0 Å². The number of halogens is 1. The van der Waals surface area contributed by atoms with E-state index in [-0.39, 0.29) is 16.4 Å². The Morgan fingerprint density at radius 3 is 2.39 bits per heavy atom. The first kappa shape index (κ1) is 22.7. The number of carbonyl (C=O) groups is 3. The lowest BCUT2D eigenvalue weighted by molar-refractivity contribution is -0.132. The normalized spacial score (nSPS) is 15.0. The molecule has 1 heterocycles. The fourth-order valence-electron chi connectivity index (χ4n) is 2.86. The average molecular weight is 552 g/mol. The standard InChI is InChI=1S/C21H17IN2O6S/c1-11(25)30-18-16(22)9-12(10-17(18)29-3)8-15-19(26)23-21(31)24(20(15)27)13-4-6-14(28-2)7-5-13/h4-10H,1-3H3,(H,23,26,31)/b15-8-. The Labute approximate surface area is 197 Å². The monoisotopic (exact) mass is 552 g/mol. The average Bonchev–Trinajstić information content (AvgIpc) is 2.72. The first-order chi connectivity index (χ1) is 14.7. The minimum Gasteiger partial charge on any atom is -0.497 e. The molecule has 3 rings (SSSR count). The van der Waals surface area contributed by atoms with Gasteiger partial charge in [0.25, 0.3) is 11.8 Å². The van der Waals surface area contributed by atoms with E-state index in [4.69, 9.17) is 26.4 Å². The Morgan fingerprint density at radius 2 is 1.81 bits per heavy atom. The third-order valence-corrected chi connectivity index (χ3v) is 5.33. The van der Waals surface area contributed by atoms with Gasteiger partial charge in [0.2, 0.25) is 0 Å². The molecule has 1 aliphatic heterocycles. The largest absolute Gasteiger partial charge is 0.497 e. The van der Waals surface area contributed by atoms with Gasteiger partial charge < -0.3 is 14.2 Å². The highest BCUT2D eigenvalue weighted by molar-refractivity contribution is 14.1. The van der Waals surface area contributed by atoms with E-state index < -0.39 is 17.8 Å². The Hall–Kier alpha value is -2.99. The molecule has 0 atom stereocenters. The number of benzene rings is 2. The number of methoxy groups -OCH3 is 2. The molecular weight excluding hydrogens is 535 g/mol. The van der Waals surface area contributed by atoms with Crippen LogP contribution in [0.15, 0.2) is 42.0 Å². The number of hydrogen-bond acceptors (Lipinski definition) is 7. The highest BCUT2D eigenvalue weighted by Gasteiger charge is 2.34. The van der Waals surface area contributed by atoms with Crippen molar-refractivity contribution < 1.29 is 28.6 Å². The van der Waals surface area contributed by atoms with E-state index >= 15 is 0 Å². The summed E-state index contributed by atoms with van der Waals surface area (Å²) in [6, 6.07) is 9.94. The van der Waals surface area contributed by atoms with Crippen LogP contribution >= 0.6 is 34.8 Å². The van der Waals surface area contributed by atoms with Gasteiger partial charge in [0, 0.05) is 6.92 Å². The van der Waals surface area contributed by atoms with E-state index in [2.05, 4.69) is 5.32 Å². The molecule has 10 heteroatoms. The van der Waals surface area contributed by atoms with Gasteiger partial charge in [0.05, 0.1) is 23.5 Å². The number of ether oxygens (including phenoxy) is 3. The van der Waals surface area contributed by atoms with E-state index in [0.29, 0.717) is 26.3 Å². The summed E-state index contributed by atoms with van der Waals surface area (Å²) >= 11 is 7.19. The van der Waals surface area contributed by atoms with Crippen LogP contribution in [-0.2, 0) is 14.4 Å². The molecule has 2 aromatic rings. The lowest BCUT2D eigenvalue weighted by Crippen LogP contribution is -2.54. The van der Waals surface area contributed by atoms with Crippen molar-refractivity contribution in [2.45, 2.75) is 6.92 Å². The van der Waals surface area contributed by atoms with Gasteiger partial charge in [-0.2, -0.15) is 0 Å². The third kappa shape index (κ3) is 4.85. The number of anilines is 1. The van der Waals surface area contributed by atoms with E-state index in [1.54, 1.807) is 36.4 Å². The molecule has 8 nitrogen and oxygen atoms in total. The second-order valence-corrected chi connectivity index (χ2v) is 7.83. The van der Waals surface area contributed by atoms with E-state index in [0.717, 1.165) is 0 Å². The minimum absolute atomic E-state index is 0.0188. The fraction of sp³-hybridized carbons (Fsp3) is 0.143. The van der Waals surface area contributed by atoms with Crippen LogP contribution in [0.2, 0.25) is 0 Å². The van der Waals surface area contributed by atoms with Gasteiger partial charge in [-0.15, -0.1) is 0 Å². The van der Waals surface area contributed by atoms with Crippen molar-refractivity contribution in [3.8, 4) is 17.2 Å². The van der Waals surface area contributed by atoms with Crippen LogP contribution in [0.1, 0.15) is 12.5 Å². The summed E-state index contributed by atoms with van der Waals surface area (Å²) in [6.45, 7) is 1.28. The van der Waals surface area contributed by atoms with Crippen molar-refractivity contribution in [2.75, 3.05) is 19.1 Å². The third-order valence-electron chi connectivity index (χ3n) is 4.24. The molecule has 1 fully saturated rings. The molecule has 0 aliphatic carbocycles. The fourth-order valence-corrected chi connectivity index (χ4v) is 3.87. The Bertz CT molecular complexity index is 1110. The van der Waals surface area contributed by atoms with Crippen LogP contribution in [0.4, 0.5) is 5.69 Å².